The van der Waals surface area contributed by atoms with Gasteiger partial charge in [-0.05, 0) is 31.2 Å². The molecular formula is C18H20Cl2N4O4S. The summed E-state index contributed by atoms with van der Waals surface area (Å²) < 4.78 is 27.2. The molecule has 2 aromatic carbocycles. The van der Waals surface area contributed by atoms with E-state index < -0.39 is 14.9 Å². The summed E-state index contributed by atoms with van der Waals surface area (Å²) in [6.07, 6.45) is 0. The number of halogens is 2. The molecule has 2 rings (SSSR count). The van der Waals surface area contributed by atoms with E-state index in [0.717, 1.165) is 6.07 Å². The first kappa shape index (κ1) is 23.1. The van der Waals surface area contributed by atoms with Gasteiger partial charge in [0.05, 0.1) is 16.3 Å². The minimum atomic E-state index is -3.97. The SMILES string of the molecule is CCN(CC)S(=O)(=O)c1cc([N+](=O)[O-])ccc1N/N=C(\C)c1cc(Cl)ccc1Cl. The first-order chi connectivity index (χ1) is 13.6. The van der Waals surface area contributed by atoms with Crippen LogP contribution in [0, 0.1) is 10.1 Å². The molecule has 0 aliphatic heterocycles. The molecule has 0 aliphatic rings. The smallest absolute Gasteiger partial charge is 0.270 e. The van der Waals surface area contributed by atoms with Crippen LogP contribution in [-0.4, -0.2) is 36.4 Å². The van der Waals surface area contributed by atoms with E-state index in [1.54, 1.807) is 39.0 Å². The van der Waals surface area contributed by atoms with Gasteiger partial charge in [0.1, 0.15) is 4.90 Å². The van der Waals surface area contributed by atoms with Crippen molar-refractivity contribution in [1.29, 1.82) is 0 Å². The summed E-state index contributed by atoms with van der Waals surface area (Å²) in [5.41, 5.74) is 3.50. The molecule has 0 radical (unpaired) electrons. The van der Waals surface area contributed by atoms with Gasteiger partial charge in [0.2, 0.25) is 10.0 Å². The van der Waals surface area contributed by atoms with Gasteiger partial charge in [0.15, 0.2) is 0 Å². The molecule has 0 amide bonds. The maximum Gasteiger partial charge on any atom is 0.270 e. The van der Waals surface area contributed by atoms with Crippen molar-refractivity contribution in [3.8, 4) is 0 Å². The van der Waals surface area contributed by atoms with Crippen LogP contribution in [0.3, 0.4) is 0 Å². The van der Waals surface area contributed by atoms with Crippen LogP contribution in [-0.2, 0) is 10.0 Å². The lowest BCUT2D eigenvalue weighted by Gasteiger charge is -2.20. The number of nitro groups is 1. The van der Waals surface area contributed by atoms with Crippen molar-refractivity contribution in [2.24, 2.45) is 5.10 Å². The van der Waals surface area contributed by atoms with Crippen molar-refractivity contribution in [2.45, 2.75) is 25.7 Å². The van der Waals surface area contributed by atoms with Crippen molar-refractivity contribution in [1.82, 2.24) is 4.31 Å². The Morgan fingerprint density at radius 3 is 2.41 bits per heavy atom. The van der Waals surface area contributed by atoms with Gasteiger partial charge in [-0.3, -0.25) is 15.5 Å². The molecule has 0 saturated heterocycles. The van der Waals surface area contributed by atoms with Crippen LogP contribution in [0.15, 0.2) is 46.4 Å². The Balaban J connectivity index is 2.52. The zero-order chi connectivity index (χ0) is 21.8. The van der Waals surface area contributed by atoms with E-state index in [9.17, 15) is 18.5 Å². The number of hydrogen-bond acceptors (Lipinski definition) is 6. The first-order valence-electron chi connectivity index (χ1n) is 8.66. The van der Waals surface area contributed by atoms with E-state index in [-0.39, 0.29) is 29.4 Å². The van der Waals surface area contributed by atoms with E-state index in [1.165, 1.54) is 16.4 Å². The molecule has 0 aromatic heterocycles. The first-order valence-corrected chi connectivity index (χ1v) is 10.9. The van der Waals surface area contributed by atoms with Crippen LogP contribution >= 0.6 is 23.2 Å². The van der Waals surface area contributed by atoms with E-state index in [1.807, 2.05) is 0 Å². The molecule has 0 spiro atoms. The second kappa shape index (κ2) is 9.53. The highest BCUT2D eigenvalue weighted by atomic mass is 35.5. The lowest BCUT2D eigenvalue weighted by atomic mass is 10.1. The highest BCUT2D eigenvalue weighted by molar-refractivity contribution is 7.89. The maximum absolute atomic E-state index is 13.0. The van der Waals surface area contributed by atoms with Gasteiger partial charge in [-0.2, -0.15) is 9.41 Å². The zero-order valence-corrected chi connectivity index (χ0v) is 18.3. The van der Waals surface area contributed by atoms with Crippen LogP contribution in [0.5, 0.6) is 0 Å². The quantitative estimate of drug-likeness (QED) is 0.348. The van der Waals surface area contributed by atoms with Gasteiger partial charge >= 0.3 is 0 Å². The molecule has 0 fully saturated rings. The largest absolute Gasteiger partial charge is 0.277 e. The third kappa shape index (κ3) is 5.24. The van der Waals surface area contributed by atoms with Crippen LogP contribution in [0.1, 0.15) is 26.3 Å². The molecule has 8 nitrogen and oxygen atoms in total. The fraction of sp³-hybridized carbons (Fsp3) is 0.278. The van der Waals surface area contributed by atoms with E-state index in [4.69, 9.17) is 23.2 Å². The van der Waals surface area contributed by atoms with Crippen LogP contribution in [0.4, 0.5) is 11.4 Å². The third-order valence-corrected chi connectivity index (χ3v) is 6.82. The van der Waals surface area contributed by atoms with E-state index in [2.05, 4.69) is 10.5 Å². The minimum absolute atomic E-state index is 0.111. The van der Waals surface area contributed by atoms with Crippen LogP contribution in [0.25, 0.3) is 0 Å². The Bertz CT molecular complexity index is 1050. The van der Waals surface area contributed by atoms with Gasteiger partial charge in [-0.15, -0.1) is 0 Å². The normalized spacial score (nSPS) is 12.3. The molecule has 0 heterocycles. The number of hydrogen-bond donors (Lipinski definition) is 1. The zero-order valence-electron chi connectivity index (χ0n) is 16.0. The standard InChI is InChI=1S/C18H20Cl2N4O4S/c1-4-23(5-2)29(27,28)18-11-14(24(25)26)7-9-17(18)22-21-12(3)15-10-13(19)6-8-16(15)20/h6-11,22H,4-5H2,1-3H3/b21-12+. The van der Waals surface area contributed by atoms with Gasteiger partial charge in [0, 0.05) is 40.8 Å². The molecule has 0 aliphatic carbocycles. The summed E-state index contributed by atoms with van der Waals surface area (Å²) in [4.78, 5) is 10.3. The van der Waals surface area contributed by atoms with E-state index >= 15 is 0 Å². The highest BCUT2D eigenvalue weighted by Crippen LogP contribution is 2.29. The van der Waals surface area contributed by atoms with Crippen molar-refractivity contribution in [2.75, 3.05) is 18.5 Å². The van der Waals surface area contributed by atoms with Crippen molar-refractivity contribution in [3.63, 3.8) is 0 Å². The van der Waals surface area contributed by atoms with Gasteiger partial charge in [-0.25, -0.2) is 8.42 Å². The van der Waals surface area contributed by atoms with Gasteiger partial charge in [0.25, 0.3) is 5.69 Å². The van der Waals surface area contributed by atoms with Crippen LogP contribution in [0.2, 0.25) is 10.0 Å². The summed E-state index contributed by atoms with van der Waals surface area (Å²) in [5, 5.41) is 16.2. The molecule has 0 bridgehead atoms. The van der Waals surface area contributed by atoms with Crippen LogP contribution < -0.4 is 5.43 Å². The fourth-order valence-corrected chi connectivity index (χ4v) is 4.66. The maximum atomic E-state index is 13.0. The minimum Gasteiger partial charge on any atom is -0.277 e. The Kier molecular flexibility index (Phi) is 7.59. The number of nitrogens with zero attached hydrogens (tertiary/aromatic N) is 3. The van der Waals surface area contributed by atoms with Crippen molar-refractivity contribution >= 4 is 50.3 Å². The lowest BCUT2D eigenvalue weighted by Crippen LogP contribution is -2.31. The monoisotopic (exact) mass is 458 g/mol. The summed E-state index contributed by atoms with van der Waals surface area (Å²) in [6.45, 7) is 5.50. The second-order valence-electron chi connectivity index (χ2n) is 5.96. The lowest BCUT2D eigenvalue weighted by molar-refractivity contribution is -0.385. The van der Waals surface area contributed by atoms with Gasteiger partial charge < -0.3 is 0 Å². The molecule has 1 N–H and O–H groups in total. The number of non-ortho nitro benzene ring substituents is 1. The molecule has 0 atom stereocenters. The predicted octanol–water partition coefficient (Wildman–Crippen LogP) is 4.77. The average molecular weight is 459 g/mol. The number of hydrazone groups is 1. The molecular weight excluding hydrogens is 439 g/mol. The van der Waals surface area contributed by atoms with Crippen molar-refractivity contribution < 1.29 is 13.3 Å². The third-order valence-electron chi connectivity index (χ3n) is 4.16. The van der Waals surface area contributed by atoms with Gasteiger partial charge in [-0.1, -0.05) is 37.0 Å². The van der Waals surface area contributed by atoms with Crippen molar-refractivity contribution in [3.05, 3.63) is 62.1 Å². The molecule has 11 heteroatoms. The number of nitrogens with one attached hydrogen (secondary N) is 1. The summed E-state index contributed by atoms with van der Waals surface area (Å²) in [7, 11) is -3.97. The number of benzene rings is 2. The molecule has 29 heavy (non-hydrogen) atoms. The summed E-state index contributed by atoms with van der Waals surface area (Å²) in [6, 6.07) is 8.44. The fourth-order valence-electron chi connectivity index (χ4n) is 2.61. The topological polar surface area (TPSA) is 105 Å². The predicted molar refractivity (Wildman–Crippen MR) is 115 cm³/mol. The second-order valence-corrected chi connectivity index (χ2v) is 8.71. The summed E-state index contributed by atoms with van der Waals surface area (Å²) in [5.74, 6) is 0. The molecule has 0 saturated carbocycles. The number of anilines is 1. The summed E-state index contributed by atoms with van der Waals surface area (Å²) >= 11 is 12.2. The Labute approximate surface area is 179 Å². The Hall–Kier alpha value is -2.20. The number of sulfonamides is 1. The van der Waals surface area contributed by atoms with E-state index in [0.29, 0.717) is 21.3 Å². The number of rotatable bonds is 8. The molecule has 2 aromatic rings. The Morgan fingerprint density at radius 1 is 1.17 bits per heavy atom. The average Bonchev–Trinajstić information content (AvgIpc) is 2.68. The highest BCUT2D eigenvalue weighted by Gasteiger charge is 2.27. The molecule has 0 unspecified atom stereocenters. The number of nitro benzene ring substituents is 1. The molecule has 156 valence electrons. The Morgan fingerprint density at radius 2 is 1.83 bits per heavy atom.